The van der Waals surface area contributed by atoms with Gasteiger partial charge in [-0.05, 0) is 86.3 Å². The molecule has 1 aliphatic rings. The van der Waals surface area contributed by atoms with Gasteiger partial charge in [0.15, 0.2) is 0 Å². The van der Waals surface area contributed by atoms with Crippen LogP contribution in [0.15, 0.2) is 85.3 Å². The highest BCUT2D eigenvalue weighted by Gasteiger charge is 2.23. The molecule has 0 unspecified atom stereocenters. The SMILES string of the molecule is CC(=O)Nc1ccc(Cl)cc1.Cc1cn(CCCOc2ccc(C(=O)N3CCCc4ccccc43)cc2)cn1. The Morgan fingerprint density at radius 2 is 1.77 bits per heavy atom. The third-order valence-corrected chi connectivity index (χ3v) is 6.46. The topological polar surface area (TPSA) is 76.5 Å². The number of rotatable bonds is 7. The van der Waals surface area contributed by atoms with Crippen LogP contribution in [0.3, 0.4) is 0 Å². The van der Waals surface area contributed by atoms with Crippen molar-refractivity contribution in [3.05, 3.63) is 107 Å². The highest BCUT2D eigenvalue weighted by molar-refractivity contribution is 6.30. The lowest BCUT2D eigenvalue weighted by Gasteiger charge is -2.29. The Morgan fingerprint density at radius 1 is 1.03 bits per heavy atom. The number of benzene rings is 3. The molecule has 3 aromatic carbocycles. The molecule has 1 aromatic heterocycles. The maximum atomic E-state index is 13.0. The van der Waals surface area contributed by atoms with Crippen molar-refractivity contribution in [1.82, 2.24) is 9.55 Å². The van der Waals surface area contributed by atoms with E-state index in [1.807, 2.05) is 66.8 Å². The van der Waals surface area contributed by atoms with Crippen molar-refractivity contribution in [1.29, 1.82) is 0 Å². The molecule has 5 rings (SSSR count). The standard InChI is InChI=1S/C23H25N3O2.C8H8ClNO/c1-18-16-25(17-24-18)13-5-15-28-21-11-9-20(10-12-21)23(27)26-14-4-7-19-6-2-3-8-22(19)26;1-6(11)10-8-4-2-7(9)3-5-8/h2-3,6,8-12,16-17H,4-5,7,13-15H2,1H3;2-5H,1H3,(H,10,11). The van der Waals surface area contributed by atoms with Crippen LogP contribution in [-0.2, 0) is 17.8 Å². The minimum absolute atomic E-state index is 0.0502. The second-order valence-corrected chi connectivity index (χ2v) is 9.79. The normalized spacial score (nSPS) is 12.1. The van der Waals surface area contributed by atoms with Crippen molar-refractivity contribution < 1.29 is 14.3 Å². The zero-order valence-electron chi connectivity index (χ0n) is 22.3. The van der Waals surface area contributed by atoms with Crippen molar-refractivity contribution in [2.75, 3.05) is 23.4 Å². The Hall–Kier alpha value is -4.10. The largest absolute Gasteiger partial charge is 0.494 e. The molecule has 2 amide bonds. The molecular formula is C31H33ClN4O3. The Balaban J connectivity index is 0.000000270. The van der Waals surface area contributed by atoms with E-state index < -0.39 is 0 Å². The Morgan fingerprint density at radius 3 is 2.46 bits per heavy atom. The lowest BCUT2D eigenvalue weighted by Crippen LogP contribution is -2.35. The number of fused-ring (bicyclic) bond motifs is 1. The number of nitrogens with zero attached hydrogens (tertiary/aromatic N) is 3. The van der Waals surface area contributed by atoms with Gasteiger partial charge in [-0.15, -0.1) is 0 Å². The van der Waals surface area contributed by atoms with E-state index in [0.717, 1.165) is 55.2 Å². The molecule has 0 radical (unpaired) electrons. The van der Waals surface area contributed by atoms with E-state index in [4.69, 9.17) is 16.3 Å². The highest BCUT2D eigenvalue weighted by atomic mass is 35.5. The summed E-state index contributed by atoms with van der Waals surface area (Å²) in [5.74, 6) is 0.763. The van der Waals surface area contributed by atoms with Crippen molar-refractivity contribution >= 4 is 34.8 Å². The summed E-state index contributed by atoms with van der Waals surface area (Å²) in [5.41, 5.74) is 4.77. The minimum atomic E-state index is -0.0766. The van der Waals surface area contributed by atoms with Gasteiger partial charge >= 0.3 is 0 Å². The zero-order chi connectivity index (χ0) is 27.6. The molecule has 202 valence electrons. The van der Waals surface area contributed by atoms with Crippen molar-refractivity contribution in [2.45, 2.75) is 39.7 Å². The summed E-state index contributed by atoms with van der Waals surface area (Å²) in [7, 11) is 0. The predicted molar refractivity (Wildman–Crippen MR) is 156 cm³/mol. The molecule has 0 bridgehead atoms. The summed E-state index contributed by atoms with van der Waals surface area (Å²) in [4.78, 5) is 29.6. The van der Waals surface area contributed by atoms with E-state index in [0.29, 0.717) is 17.2 Å². The van der Waals surface area contributed by atoms with Crippen LogP contribution in [0, 0.1) is 6.92 Å². The molecule has 7 nitrogen and oxygen atoms in total. The lowest BCUT2D eigenvalue weighted by molar-refractivity contribution is -0.114. The number of ether oxygens (including phenoxy) is 1. The van der Waals surface area contributed by atoms with Gasteiger partial charge < -0.3 is 19.5 Å². The number of hydrogen-bond donors (Lipinski definition) is 1. The zero-order valence-corrected chi connectivity index (χ0v) is 23.0. The number of amides is 2. The van der Waals surface area contributed by atoms with E-state index in [1.54, 1.807) is 24.3 Å². The van der Waals surface area contributed by atoms with Gasteiger partial charge in [-0.2, -0.15) is 0 Å². The van der Waals surface area contributed by atoms with Gasteiger partial charge in [0.05, 0.1) is 18.6 Å². The number of anilines is 2. The molecule has 0 atom stereocenters. The van der Waals surface area contributed by atoms with E-state index in [9.17, 15) is 9.59 Å². The van der Waals surface area contributed by atoms with Gasteiger partial charge in [-0.3, -0.25) is 9.59 Å². The molecule has 0 spiro atoms. The quantitative estimate of drug-likeness (QED) is 0.268. The van der Waals surface area contributed by atoms with Crippen LogP contribution in [-0.4, -0.2) is 34.5 Å². The molecule has 2 heterocycles. The van der Waals surface area contributed by atoms with Crippen molar-refractivity contribution in [3.63, 3.8) is 0 Å². The van der Waals surface area contributed by atoms with Crippen molar-refractivity contribution in [2.24, 2.45) is 0 Å². The number of aromatic nitrogens is 2. The predicted octanol–water partition coefficient (Wildman–Crippen LogP) is 6.55. The second kappa shape index (κ2) is 13.6. The first-order valence-electron chi connectivity index (χ1n) is 13.0. The van der Waals surface area contributed by atoms with Gasteiger partial charge in [0, 0.05) is 48.2 Å². The monoisotopic (exact) mass is 544 g/mol. The van der Waals surface area contributed by atoms with Gasteiger partial charge in [0.1, 0.15) is 5.75 Å². The van der Waals surface area contributed by atoms with Crippen LogP contribution in [0.2, 0.25) is 5.02 Å². The Bertz CT molecular complexity index is 1380. The summed E-state index contributed by atoms with van der Waals surface area (Å²) >= 11 is 5.64. The number of halogens is 1. The third-order valence-electron chi connectivity index (χ3n) is 6.21. The van der Waals surface area contributed by atoms with E-state index in [2.05, 4.69) is 20.9 Å². The van der Waals surface area contributed by atoms with Crippen molar-refractivity contribution in [3.8, 4) is 5.75 Å². The number of nitrogens with one attached hydrogen (secondary N) is 1. The second-order valence-electron chi connectivity index (χ2n) is 9.36. The summed E-state index contributed by atoms with van der Waals surface area (Å²) in [5, 5.41) is 3.30. The van der Waals surface area contributed by atoms with Crippen LogP contribution < -0.4 is 15.0 Å². The average Bonchev–Trinajstić information content (AvgIpc) is 3.37. The molecule has 1 aliphatic heterocycles. The molecule has 8 heteroatoms. The number of aryl methyl sites for hydroxylation is 3. The van der Waals surface area contributed by atoms with E-state index in [1.165, 1.54) is 12.5 Å². The maximum Gasteiger partial charge on any atom is 0.258 e. The molecule has 39 heavy (non-hydrogen) atoms. The number of hydrogen-bond acceptors (Lipinski definition) is 4. The van der Waals surface area contributed by atoms with Gasteiger partial charge in [0.25, 0.3) is 5.91 Å². The summed E-state index contributed by atoms with van der Waals surface area (Å²) in [6.45, 7) is 5.73. The van der Waals surface area contributed by atoms with Gasteiger partial charge in [0.2, 0.25) is 5.91 Å². The first-order valence-corrected chi connectivity index (χ1v) is 13.4. The first kappa shape index (κ1) is 27.9. The Labute approximate surface area is 234 Å². The van der Waals surface area contributed by atoms with Crippen LogP contribution in [0.1, 0.15) is 41.4 Å². The maximum absolute atomic E-state index is 13.0. The molecular weight excluding hydrogens is 512 g/mol. The first-order chi connectivity index (χ1) is 18.9. The molecule has 0 aliphatic carbocycles. The van der Waals surface area contributed by atoms with E-state index in [-0.39, 0.29) is 11.8 Å². The van der Waals surface area contributed by atoms with Crippen LogP contribution in [0.4, 0.5) is 11.4 Å². The molecule has 0 saturated carbocycles. The fraction of sp³-hybridized carbons (Fsp3) is 0.258. The van der Waals surface area contributed by atoms with Crippen LogP contribution >= 0.6 is 11.6 Å². The summed E-state index contributed by atoms with van der Waals surface area (Å²) < 4.78 is 7.88. The average molecular weight is 545 g/mol. The molecule has 1 N–H and O–H groups in total. The lowest BCUT2D eigenvalue weighted by atomic mass is 10.0. The number of carbonyl (C=O) groups is 2. The van der Waals surface area contributed by atoms with E-state index >= 15 is 0 Å². The third kappa shape index (κ3) is 8.19. The van der Waals surface area contributed by atoms with Gasteiger partial charge in [-0.1, -0.05) is 29.8 Å². The van der Waals surface area contributed by atoms with Crippen LogP contribution in [0.25, 0.3) is 0 Å². The molecule has 0 saturated heterocycles. The smallest absolute Gasteiger partial charge is 0.258 e. The van der Waals surface area contributed by atoms with Gasteiger partial charge in [-0.25, -0.2) is 4.98 Å². The number of carbonyl (C=O) groups excluding carboxylic acids is 2. The fourth-order valence-corrected chi connectivity index (χ4v) is 4.49. The fourth-order valence-electron chi connectivity index (χ4n) is 4.36. The minimum Gasteiger partial charge on any atom is -0.494 e. The van der Waals surface area contributed by atoms with Crippen LogP contribution in [0.5, 0.6) is 5.75 Å². The molecule has 4 aromatic rings. The summed E-state index contributed by atoms with van der Waals surface area (Å²) in [6, 6.07) is 22.6. The Kier molecular flexibility index (Phi) is 9.75. The summed E-state index contributed by atoms with van der Waals surface area (Å²) in [6.07, 6.45) is 6.81. The number of imidazole rings is 1. The molecule has 0 fully saturated rings. The number of para-hydroxylation sites is 1. The highest BCUT2D eigenvalue weighted by Crippen LogP contribution is 2.28.